The van der Waals surface area contributed by atoms with Gasteiger partial charge >= 0.3 is 0 Å². The third-order valence-corrected chi connectivity index (χ3v) is 2.72. The van der Waals surface area contributed by atoms with E-state index in [0.29, 0.717) is 5.56 Å². The Bertz CT molecular complexity index is 505. The van der Waals surface area contributed by atoms with Crippen LogP contribution in [0.1, 0.15) is 53.5 Å². The van der Waals surface area contributed by atoms with E-state index in [2.05, 4.69) is 30.7 Å². The lowest BCUT2D eigenvalue weighted by Crippen LogP contribution is -2.10. The Balaban J connectivity index is 0.00000135. The molecule has 1 rings (SSSR count). The number of halogens is 1. The first-order chi connectivity index (χ1) is 10.3. The minimum absolute atomic E-state index is 0.656. The summed E-state index contributed by atoms with van der Waals surface area (Å²) in [5.74, 6) is 0. The number of aliphatic imine (C=N–C) groups is 1. The van der Waals surface area contributed by atoms with Crippen LogP contribution >= 0.6 is 0 Å². The van der Waals surface area contributed by atoms with E-state index in [1.165, 1.54) is 6.42 Å². The van der Waals surface area contributed by atoms with Crippen molar-refractivity contribution in [1.82, 2.24) is 0 Å². The van der Waals surface area contributed by atoms with Gasteiger partial charge in [-0.05, 0) is 45.4 Å². The van der Waals surface area contributed by atoms with E-state index in [9.17, 15) is 4.39 Å². The molecular formula is C19H29FN2. The summed E-state index contributed by atoms with van der Waals surface area (Å²) in [4.78, 5) is 4.21. The molecule has 0 aromatic heterocycles. The number of benzene rings is 1. The van der Waals surface area contributed by atoms with Gasteiger partial charge in [0, 0.05) is 11.9 Å². The van der Waals surface area contributed by atoms with Crippen molar-refractivity contribution in [2.75, 3.05) is 5.32 Å². The molecule has 0 radical (unpaired) electrons. The highest BCUT2D eigenvalue weighted by molar-refractivity contribution is 6.00. The maximum atomic E-state index is 13.7. The Morgan fingerprint density at radius 3 is 2.18 bits per heavy atom. The number of allylic oxidation sites excluding steroid dienone is 2. The fourth-order valence-electron chi connectivity index (χ4n) is 1.48. The molecular weight excluding hydrogens is 275 g/mol. The summed E-state index contributed by atoms with van der Waals surface area (Å²) in [6, 6.07) is 7.22. The zero-order chi connectivity index (χ0) is 17.2. The molecule has 22 heavy (non-hydrogen) atoms. The van der Waals surface area contributed by atoms with Crippen molar-refractivity contribution >= 4 is 11.4 Å². The first kappa shape index (κ1) is 20.1. The molecule has 0 spiro atoms. The highest BCUT2D eigenvalue weighted by Gasteiger charge is 2.17. The predicted molar refractivity (Wildman–Crippen MR) is 97.2 cm³/mol. The van der Waals surface area contributed by atoms with Crippen LogP contribution in [0.5, 0.6) is 0 Å². The predicted octanol–water partition coefficient (Wildman–Crippen LogP) is 6.23. The molecule has 0 saturated heterocycles. The van der Waals surface area contributed by atoms with Crippen molar-refractivity contribution in [1.29, 1.82) is 0 Å². The first-order valence-corrected chi connectivity index (χ1v) is 7.67. The van der Waals surface area contributed by atoms with Crippen LogP contribution in [0.2, 0.25) is 0 Å². The van der Waals surface area contributed by atoms with Gasteiger partial charge in [-0.2, -0.15) is 0 Å². The average Bonchev–Trinajstić information content (AvgIpc) is 2.45. The maximum Gasteiger partial charge on any atom is 0.130 e. The van der Waals surface area contributed by atoms with Crippen molar-refractivity contribution in [3.05, 3.63) is 54.4 Å². The van der Waals surface area contributed by atoms with E-state index in [0.717, 1.165) is 17.1 Å². The summed E-state index contributed by atoms with van der Waals surface area (Å²) in [7, 11) is 0. The minimum Gasteiger partial charge on any atom is -0.355 e. The quantitative estimate of drug-likeness (QED) is 0.641. The van der Waals surface area contributed by atoms with E-state index < -0.39 is 5.67 Å². The molecule has 0 aliphatic carbocycles. The van der Waals surface area contributed by atoms with E-state index in [4.69, 9.17) is 0 Å². The monoisotopic (exact) mass is 304 g/mol. The molecule has 1 aromatic carbocycles. The topological polar surface area (TPSA) is 24.4 Å². The fourth-order valence-corrected chi connectivity index (χ4v) is 1.48. The number of nitrogens with zero attached hydrogens (tertiary/aromatic N) is 1. The van der Waals surface area contributed by atoms with Crippen molar-refractivity contribution in [2.24, 2.45) is 4.99 Å². The normalized spacial score (nSPS) is 11.9. The second-order valence-corrected chi connectivity index (χ2v) is 5.56. The smallest absolute Gasteiger partial charge is 0.130 e. The molecule has 0 aliphatic heterocycles. The highest BCUT2D eigenvalue weighted by atomic mass is 19.1. The van der Waals surface area contributed by atoms with Gasteiger partial charge < -0.3 is 5.32 Å². The highest BCUT2D eigenvalue weighted by Crippen LogP contribution is 2.25. The minimum atomic E-state index is -1.32. The molecule has 3 heteroatoms. The van der Waals surface area contributed by atoms with Gasteiger partial charge in [0.2, 0.25) is 0 Å². The van der Waals surface area contributed by atoms with Gasteiger partial charge in [0.15, 0.2) is 0 Å². The van der Waals surface area contributed by atoms with Crippen molar-refractivity contribution in [2.45, 2.75) is 53.6 Å². The Morgan fingerprint density at radius 2 is 1.77 bits per heavy atom. The number of rotatable bonds is 5. The van der Waals surface area contributed by atoms with E-state index >= 15 is 0 Å². The van der Waals surface area contributed by atoms with Crippen LogP contribution in [0.3, 0.4) is 0 Å². The van der Waals surface area contributed by atoms with Crippen molar-refractivity contribution in [3.8, 4) is 0 Å². The van der Waals surface area contributed by atoms with Crippen LogP contribution < -0.4 is 5.32 Å². The fraction of sp³-hybridized carbons (Fsp3) is 0.421. The maximum absolute atomic E-state index is 13.7. The third-order valence-electron chi connectivity index (χ3n) is 2.72. The molecule has 0 amide bonds. The zero-order valence-corrected chi connectivity index (χ0v) is 14.7. The lowest BCUT2D eigenvalue weighted by Gasteiger charge is -2.15. The summed E-state index contributed by atoms with van der Waals surface area (Å²) in [6.07, 6.45) is 4.83. The largest absolute Gasteiger partial charge is 0.355 e. The van der Waals surface area contributed by atoms with Crippen LogP contribution in [0.15, 0.2) is 53.8 Å². The molecule has 0 bridgehead atoms. The number of hydrogen-bond donors (Lipinski definition) is 1. The van der Waals surface area contributed by atoms with Gasteiger partial charge in [-0.1, -0.05) is 45.1 Å². The lowest BCUT2D eigenvalue weighted by atomic mass is 10.0. The van der Waals surface area contributed by atoms with Gasteiger partial charge in [-0.25, -0.2) is 4.39 Å². The second-order valence-electron chi connectivity index (χ2n) is 5.56. The molecule has 0 heterocycles. The Labute approximate surface area is 134 Å². The number of anilines is 1. The van der Waals surface area contributed by atoms with Gasteiger partial charge in [0.25, 0.3) is 0 Å². The summed E-state index contributed by atoms with van der Waals surface area (Å²) < 4.78 is 13.7. The molecule has 0 fully saturated rings. The summed E-state index contributed by atoms with van der Waals surface area (Å²) >= 11 is 0. The van der Waals surface area contributed by atoms with Crippen LogP contribution in [0.25, 0.3) is 0 Å². The number of nitrogens with one attached hydrogen (secondary N) is 1. The van der Waals surface area contributed by atoms with Crippen LogP contribution in [0.4, 0.5) is 10.1 Å². The Morgan fingerprint density at radius 1 is 1.27 bits per heavy atom. The average molecular weight is 304 g/mol. The molecule has 1 N–H and O–H groups in total. The second kappa shape index (κ2) is 9.93. The molecule has 0 atom stereocenters. The first-order valence-electron chi connectivity index (χ1n) is 7.67. The third kappa shape index (κ3) is 7.77. The van der Waals surface area contributed by atoms with Gasteiger partial charge in [0.05, 0.1) is 11.4 Å². The van der Waals surface area contributed by atoms with Gasteiger partial charge in [-0.15, -0.1) is 0 Å². The standard InChI is InChI=1S/C16H21FN2.C3H8/c1-6-11-18-12(2)13(3)19-15-9-7-14(8-10-15)16(4,5)17;1-3-2/h6-11,19H,3H2,1-2,4-5H3;3H2,1-2H3/b11-6-,18-12?;. The van der Waals surface area contributed by atoms with Crippen LogP contribution in [-0.4, -0.2) is 5.71 Å². The van der Waals surface area contributed by atoms with Crippen LogP contribution in [0, 0.1) is 0 Å². The Kier molecular flexibility index (Phi) is 9.07. The van der Waals surface area contributed by atoms with E-state index in [1.807, 2.05) is 32.1 Å². The number of hydrogen-bond acceptors (Lipinski definition) is 2. The summed E-state index contributed by atoms with van der Waals surface area (Å²) in [5.41, 5.74) is 1.74. The van der Waals surface area contributed by atoms with E-state index in [1.54, 1.807) is 32.2 Å². The lowest BCUT2D eigenvalue weighted by molar-refractivity contribution is 0.221. The van der Waals surface area contributed by atoms with Crippen LogP contribution in [-0.2, 0) is 5.67 Å². The molecule has 0 unspecified atom stereocenters. The molecule has 0 saturated carbocycles. The van der Waals surface area contributed by atoms with Crippen molar-refractivity contribution < 1.29 is 4.39 Å². The number of alkyl halides is 1. The van der Waals surface area contributed by atoms with Crippen molar-refractivity contribution in [3.63, 3.8) is 0 Å². The Hall–Kier alpha value is -1.90. The SMILES string of the molecule is C=C(Nc1ccc(C(C)(C)F)cc1)C(C)=N/C=C\C.CCC. The molecule has 122 valence electrons. The molecule has 0 aliphatic rings. The molecule has 1 aromatic rings. The van der Waals surface area contributed by atoms with Gasteiger partial charge in [-0.3, -0.25) is 4.99 Å². The zero-order valence-electron chi connectivity index (χ0n) is 14.7. The summed E-state index contributed by atoms with van der Waals surface area (Å²) in [6.45, 7) is 15.1. The van der Waals surface area contributed by atoms with E-state index in [-0.39, 0.29) is 0 Å². The van der Waals surface area contributed by atoms with Gasteiger partial charge in [0.1, 0.15) is 5.67 Å². The molecule has 2 nitrogen and oxygen atoms in total. The summed E-state index contributed by atoms with van der Waals surface area (Å²) in [5, 5.41) is 3.15.